The first-order valence-electron chi connectivity index (χ1n) is 8.35. The molecule has 0 saturated heterocycles. The van der Waals surface area contributed by atoms with E-state index in [4.69, 9.17) is 11.6 Å². The maximum Gasteiger partial charge on any atom is 0.340 e. The van der Waals surface area contributed by atoms with E-state index in [0.29, 0.717) is 22.0 Å². The van der Waals surface area contributed by atoms with Crippen molar-refractivity contribution in [3.63, 3.8) is 0 Å². The van der Waals surface area contributed by atoms with Crippen LogP contribution in [0.15, 0.2) is 90.3 Å². The zero-order chi connectivity index (χ0) is 20.0. The topological polar surface area (TPSA) is 66.5 Å². The average molecular weight is 413 g/mol. The molecule has 0 unspecified atom stereocenters. The molecule has 3 aromatic rings. The fraction of sp³-hybridized carbons (Fsp3) is 0. The van der Waals surface area contributed by atoms with Gasteiger partial charge in [-0.05, 0) is 48.0 Å². The third-order valence-corrected chi connectivity index (χ3v) is 4.94. The molecule has 0 aliphatic heterocycles. The summed E-state index contributed by atoms with van der Waals surface area (Å²) in [5.74, 6) is 0. The van der Waals surface area contributed by atoms with Gasteiger partial charge in [-0.15, -0.1) is 0 Å². The molecule has 5 nitrogen and oxygen atoms in total. The molecule has 3 aromatic carbocycles. The maximum absolute atomic E-state index is 12.8. The fourth-order valence-electron chi connectivity index (χ4n) is 2.52. The van der Waals surface area contributed by atoms with Crippen LogP contribution >= 0.6 is 11.6 Å². The number of sulfonamides is 1. The molecule has 3 rings (SSSR count). The second-order valence-electron chi connectivity index (χ2n) is 5.82. The molecular formula is C21H17ClN2O3S. The Balaban J connectivity index is 1.85. The number of nitrogens with one attached hydrogen (secondary N) is 1. The molecule has 0 atom stereocenters. The minimum Gasteiger partial charge on any atom is -0.262 e. The standard InChI is InChI=1S/C21H17ClN2O3S/c22-18-9-7-8-17(16-18)14-15-28(26,27)23-21(25)24(19-10-3-1-4-11-19)20-12-5-2-6-13-20/h1-16H,(H,23,25). The van der Waals surface area contributed by atoms with Crippen molar-refractivity contribution in [2.75, 3.05) is 4.90 Å². The van der Waals surface area contributed by atoms with Crippen LogP contribution in [-0.2, 0) is 10.0 Å². The third-order valence-electron chi connectivity index (χ3n) is 3.75. The summed E-state index contributed by atoms with van der Waals surface area (Å²) in [4.78, 5) is 14.1. The van der Waals surface area contributed by atoms with Gasteiger partial charge < -0.3 is 0 Å². The van der Waals surface area contributed by atoms with Gasteiger partial charge >= 0.3 is 6.03 Å². The largest absolute Gasteiger partial charge is 0.340 e. The molecule has 0 bridgehead atoms. The van der Waals surface area contributed by atoms with Crippen molar-refractivity contribution in [3.05, 3.63) is 101 Å². The van der Waals surface area contributed by atoms with Crippen LogP contribution in [0.4, 0.5) is 16.2 Å². The van der Waals surface area contributed by atoms with Gasteiger partial charge in [0.1, 0.15) is 0 Å². The lowest BCUT2D eigenvalue weighted by molar-refractivity contribution is 0.253. The lowest BCUT2D eigenvalue weighted by Gasteiger charge is -2.22. The maximum atomic E-state index is 12.8. The Morgan fingerprint density at radius 1 is 0.857 bits per heavy atom. The second kappa shape index (κ2) is 8.73. The van der Waals surface area contributed by atoms with E-state index < -0.39 is 16.1 Å². The molecule has 7 heteroatoms. The number of hydrogen-bond donors (Lipinski definition) is 1. The first-order chi connectivity index (χ1) is 13.4. The number of hydrogen-bond acceptors (Lipinski definition) is 3. The van der Waals surface area contributed by atoms with E-state index in [1.165, 1.54) is 11.0 Å². The summed E-state index contributed by atoms with van der Waals surface area (Å²) < 4.78 is 26.9. The van der Waals surface area contributed by atoms with Crippen molar-refractivity contribution in [3.8, 4) is 0 Å². The Labute approximate surface area is 168 Å². The molecule has 28 heavy (non-hydrogen) atoms. The number of nitrogens with zero attached hydrogens (tertiary/aromatic N) is 1. The Bertz CT molecular complexity index is 1050. The van der Waals surface area contributed by atoms with Gasteiger partial charge in [0, 0.05) is 5.02 Å². The zero-order valence-electron chi connectivity index (χ0n) is 14.7. The summed E-state index contributed by atoms with van der Waals surface area (Å²) in [7, 11) is -4.02. The number of halogens is 1. The van der Waals surface area contributed by atoms with Crippen molar-refractivity contribution in [2.45, 2.75) is 0 Å². The van der Waals surface area contributed by atoms with E-state index >= 15 is 0 Å². The van der Waals surface area contributed by atoms with E-state index in [2.05, 4.69) is 4.72 Å². The van der Waals surface area contributed by atoms with Gasteiger partial charge in [0.05, 0.1) is 16.8 Å². The van der Waals surface area contributed by atoms with Crippen LogP contribution in [0.1, 0.15) is 5.56 Å². The Morgan fingerprint density at radius 2 is 1.43 bits per heavy atom. The molecule has 1 N–H and O–H groups in total. The highest BCUT2D eigenvalue weighted by Crippen LogP contribution is 2.25. The molecule has 0 aromatic heterocycles. The second-order valence-corrected chi connectivity index (χ2v) is 7.82. The molecule has 142 valence electrons. The number of urea groups is 1. The van der Waals surface area contributed by atoms with E-state index in [9.17, 15) is 13.2 Å². The predicted molar refractivity (Wildman–Crippen MR) is 113 cm³/mol. The minimum atomic E-state index is -4.02. The minimum absolute atomic E-state index is 0.489. The summed E-state index contributed by atoms with van der Waals surface area (Å²) >= 11 is 5.90. The summed E-state index contributed by atoms with van der Waals surface area (Å²) in [5.41, 5.74) is 1.69. The first kappa shape index (κ1) is 19.7. The predicted octanol–water partition coefficient (Wildman–Crippen LogP) is 5.19. The van der Waals surface area contributed by atoms with Gasteiger partial charge in [0.2, 0.25) is 0 Å². The summed E-state index contributed by atoms with van der Waals surface area (Å²) in [5, 5.41) is 1.42. The van der Waals surface area contributed by atoms with Gasteiger partial charge in [-0.3, -0.25) is 4.90 Å². The van der Waals surface area contributed by atoms with Gasteiger partial charge in [-0.1, -0.05) is 60.1 Å². The number of rotatable bonds is 5. The Morgan fingerprint density at radius 3 is 1.96 bits per heavy atom. The normalized spacial score (nSPS) is 11.3. The highest BCUT2D eigenvalue weighted by atomic mass is 35.5. The van der Waals surface area contributed by atoms with E-state index in [1.54, 1.807) is 72.8 Å². The highest BCUT2D eigenvalue weighted by molar-refractivity contribution is 7.93. The van der Waals surface area contributed by atoms with Crippen LogP contribution in [-0.4, -0.2) is 14.4 Å². The lowest BCUT2D eigenvalue weighted by Crippen LogP contribution is -2.39. The summed E-state index contributed by atoms with van der Waals surface area (Å²) in [6.45, 7) is 0. The van der Waals surface area contributed by atoms with Gasteiger partial charge in [-0.2, -0.15) is 0 Å². The fourth-order valence-corrected chi connectivity index (χ4v) is 3.46. The average Bonchev–Trinajstić information content (AvgIpc) is 2.68. The Kier molecular flexibility index (Phi) is 6.13. The smallest absolute Gasteiger partial charge is 0.262 e. The van der Waals surface area contributed by atoms with E-state index in [-0.39, 0.29) is 0 Å². The van der Waals surface area contributed by atoms with E-state index in [1.807, 2.05) is 12.1 Å². The van der Waals surface area contributed by atoms with Crippen LogP contribution in [0.2, 0.25) is 5.02 Å². The number of anilines is 2. The number of benzene rings is 3. The van der Waals surface area contributed by atoms with Gasteiger partial charge in [-0.25, -0.2) is 17.9 Å². The van der Waals surface area contributed by atoms with E-state index in [0.717, 1.165) is 5.41 Å². The molecule has 2 amide bonds. The molecule has 0 radical (unpaired) electrons. The Hall–Kier alpha value is -3.09. The molecule has 0 saturated carbocycles. The molecule has 0 aliphatic carbocycles. The quantitative estimate of drug-likeness (QED) is 0.627. The van der Waals surface area contributed by atoms with Crippen LogP contribution in [0, 0.1) is 0 Å². The zero-order valence-corrected chi connectivity index (χ0v) is 16.3. The molecule has 0 aliphatic rings. The SMILES string of the molecule is O=C(NS(=O)(=O)C=Cc1cccc(Cl)c1)N(c1ccccc1)c1ccccc1. The van der Waals surface area contributed by atoms with Crippen molar-refractivity contribution in [1.82, 2.24) is 4.72 Å². The van der Waals surface area contributed by atoms with Crippen molar-refractivity contribution in [2.24, 2.45) is 0 Å². The van der Waals surface area contributed by atoms with Crippen molar-refractivity contribution < 1.29 is 13.2 Å². The van der Waals surface area contributed by atoms with Gasteiger partial charge in [0.25, 0.3) is 10.0 Å². The van der Waals surface area contributed by atoms with Crippen LogP contribution in [0.3, 0.4) is 0 Å². The third kappa shape index (κ3) is 5.22. The van der Waals surface area contributed by atoms with Gasteiger partial charge in [0.15, 0.2) is 0 Å². The first-order valence-corrected chi connectivity index (χ1v) is 10.3. The molecular weight excluding hydrogens is 396 g/mol. The molecule has 0 heterocycles. The van der Waals surface area contributed by atoms with Crippen molar-refractivity contribution in [1.29, 1.82) is 0 Å². The molecule has 0 fully saturated rings. The monoisotopic (exact) mass is 412 g/mol. The number of carbonyl (C=O) groups is 1. The number of para-hydroxylation sites is 2. The van der Waals surface area contributed by atoms with Crippen LogP contribution in [0.25, 0.3) is 6.08 Å². The van der Waals surface area contributed by atoms with Crippen molar-refractivity contribution >= 4 is 45.1 Å². The number of amides is 2. The lowest BCUT2D eigenvalue weighted by atomic mass is 10.2. The highest BCUT2D eigenvalue weighted by Gasteiger charge is 2.21. The number of carbonyl (C=O) groups excluding carboxylic acids is 1. The van der Waals surface area contributed by atoms with Crippen LogP contribution in [0.5, 0.6) is 0 Å². The summed E-state index contributed by atoms with van der Waals surface area (Å²) in [6, 6.07) is 23.5. The summed E-state index contributed by atoms with van der Waals surface area (Å²) in [6.07, 6.45) is 1.37. The van der Waals surface area contributed by atoms with Crippen LogP contribution < -0.4 is 9.62 Å². The molecule has 0 spiro atoms.